The number of nitrogens with zero attached hydrogens (tertiary/aromatic N) is 2. The van der Waals surface area contributed by atoms with Gasteiger partial charge in [0.2, 0.25) is 0 Å². The van der Waals surface area contributed by atoms with E-state index in [1.165, 1.54) is 4.90 Å². The van der Waals surface area contributed by atoms with Gasteiger partial charge in [-0.25, -0.2) is 4.79 Å². The maximum atomic E-state index is 13.3. The molecule has 0 aromatic heterocycles. The van der Waals surface area contributed by atoms with Crippen LogP contribution in [0.15, 0.2) is 53.7 Å². The molecule has 0 spiro atoms. The summed E-state index contributed by atoms with van der Waals surface area (Å²) in [6, 6.07) is 0. The number of hydrogen-bond donors (Lipinski definition) is 1. The van der Waals surface area contributed by atoms with Gasteiger partial charge in [-0.1, -0.05) is 52.5 Å². The normalized spacial score (nSPS) is 16.7. The molecule has 1 fully saturated rings. The van der Waals surface area contributed by atoms with Gasteiger partial charge < -0.3 is 10.0 Å². The molecule has 0 aromatic rings. The summed E-state index contributed by atoms with van der Waals surface area (Å²) in [6.07, 6.45) is 7.76. The molecular formula is C22H32N2O3. The highest BCUT2D eigenvalue weighted by atomic mass is 16.4. The number of carbonyl (C=O) groups is 2. The van der Waals surface area contributed by atoms with Gasteiger partial charge in [0, 0.05) is 12.7 Å². The van der Waals surface area contributed by atoms with E-state index < -0.39 is 11.5 Å². The quantitative estimate of drug-likeness (QED) is 0.351. The summed E-state index contributed by atoms with van der Waals surface area (Å²) < 4.78 is 0. The van der Waals surface area contributed by atoms with Crippen molar-refractivity contribution < 1.29 is 14.7 Å². The summed E-state index contributed by atoms with van der Waals surface area (Å²) in [5, 5.41) is 9.64. The van der Waals surface area contributed by atoms with Gasteiger partial charge in [0.05, 0.1) is 11.3 Å². The predicted molar refractivity (Wildman–Crippen MR) is 111 cm³/mol. The van der Waals surface area contributed by atoms with Gasteiger partial charge >= 0.3 is 5.97 Å². The first-order chi connectivity index (χ1) is 12.6. The van der Waals surface area contributed by atoms with Crippen molar-refractivity contribution in [1.82, 2.24) is 4.90 Å². The van der Waals surface area contributed by atoms with E-state index in [4.69, 9.17) is 0 Å². The van der Waals surface area contributed by atoms with Crippen molar-refractivity contribution in [3.05, 3.63) is 48.7 Å². The van der Waals surface area contributed by atoms with Crippen molar-refractivity contribution in [2.24, 2.45) is 16.8 Å². The second-order valence-electron chi connectivity index (χ2n) is 7.49. The van der Waals surface area contributed by atoms with Crippen LogP contribution in [0.4, 0.5) is 0 Å². The van der Waals surface area contributed by atoms with E-state index in [-0.39, 0.29) is 18.4 Å². The van der Waals surface area contributed by atoms with E-state index in [0.29, 0.717) is 30.0 Å². The lowest BCUT2D eigenvalue weighted by Crippen LogP contribution is -2.48. The molecule has 0 aromatic carbocycles. The standard InChI is InChI=1S/C22H32N2O3/c1-8-14-24(22(11-12-22)21(26)27)20(25)18(9-2)19(17(7)16(5)6)23-13-10-15(3)4/h8-10,13,15-16H,1,7,11-12,14H2,2-6H3,(H,26,27)/b13-10+,18-9+,23-19-. The molecule has 5 nitrogen and oxygen atoms in total. The number of carboxylic acid groups (broad SMARTS) is 1. The smallest absolute Gasteiger partial charge is 0.329 e. The number of aliphatic carboxylic acids is 1. The number of carboxylic acids is 1. The fourth-order valence-corrected chi connectivity index (χ4v) is 2.69. The summed E-state index contributed by atoms with van der Waals surface area (Å²) in [6.45, 7) is 17.8. The van der Waals surface area contributed by atoms with Gasteiger partial charge in [-0.05, 0) is 37.2 Å². The Morgan fingerprint density at radius 2 is 1.85 bits per heavy atom. The monoisotopic (exact) mass is 372 g/mol. The van der Waals surface area contributed by atoms with E-state index in [0.717, 1.165) is 5.57 Å². The molecule has 0 saturated heterocycles. The van der Waals surface area contributed by atoms with Crippen LogP contribution in [-0.2, 0) is 9.59 Å². The lowest BCUT2D eigenvalue weighted by molar-refractivity contribution is -0.150. The van der Waals surface area contributed by atoms with Crippen molar-refractivity contribution in [3.8, 4) is 0 Å². The molecular weight excluding hydrogens is 340 g/mol. The van der Waals surface area contributed by atoms with Gasteiger partial charge in [0.1, 0.15) is 5.54 Å². The lowest BCUT2D eigenvalue weighted by Gasteiger charge is -2.29. The van der Waals surface area contributed by atoms with E-state index in [2.05, 4.69) is 18.2 Å². The number of carbonyl (C=O) groups excluding carboxylic acids is 1. The number of aliphatic imine (C=N–C) groups is 1. The van der Waals surface area contributed by atoms with E-state index in [1.54, 1.807) is 25.3 Å². The molecule has 27 heavy (non-hydrogen) atoms. The second-order valence-corrected chi connectivity index (χ2v) is 7.49. The molecule has 148 valence electrons. The minimum atomic E-state index is -1.14. The maximum absolute atomic E-state index is 13.3. The number of hydrogen-bond acceptors (Lipinski definition) is 3. The van der Waals surface area contributed by atoms with Gasteiger partial charge in [-0.3, -0.25) is 9.79 Å². The Morgan fingerprint density at radius 1 is 1.26 bits per heavy atom. The molecule has 0 unspecified atom stereocenters. The predicted octanol–water partition coefficient (Wildman–Crippen LogP) is 4.39. The third-order valence-electron chi connectivity index (χ3n) is 4.65. The number of rotatable bonds is 10. The molecule has 5 heteroatoms. The molecule has 0 aliphatic heterocycles. The third kappa shape index (κ3) is 5.28. The first kappa shape index (κ1) is 22.6. The van der Waals surface area contributed by atoms with E-state index >= 15 is 0 Å². The third-order valence-corrected chi connectivity index (χ3v) is 4.65. The zero-order valence-corrected chi connectivity index (χ0v) is 17.2. The Hall–Kier alpha value is -2.43. The Labute approximate surface area is 162 Å². The Bertz CT molecular complexity index is 692. The van der Waals surface area contributed by atoms with Crippen molar-refractivity contribution >= 4 is 17.6 Å². The average Bonchev–Trinajstić information content (AvgIpc) is 3.39. The van der Waals surface area contributed by atoms with Crippen molar-refractivity contribution in [2.75, 3.05) is 6.54 Å². The van der Waals surface area contributed by atoms with Crippen molar-refractivity contribution in [1.29, 1.82) is 0 Å². The average molecular weight is 373 g/mol. The fraction of sp³-hybridized carbons (Fsp3) is 0.500. The Kier molecular flexibility index (Phi) is 7.95. The van der Waals surface area contributed by atoms with Crippen LogP contribution in [0.5, 0.6) is 0 Å². The summed E-state index contributed by atoms with van der Waals surface area (Å²) in [5.74, 6) is -0.905. The highest BCUT2D eigenvalue weighted by Gasteiger charge is 2.57. The molecule has 0 radical (unpaired) electrons. The molecule has 1 saturated carbocycles. The molecule has 1 rings (SSSR count). The van der Waals surface area contributed by atoms with Crippen LogP contribution < -0.4 is 0 Å². The van der Waals surface area contributed by atoms with Crippen molar-refractivity contribution in [2.45, 2.75) is 53.0 Å². The molecule has 1 N–H and O–H groups in total. The molecule has 0 heterocycles. The van der Waals surface area contributed by atoms with Crippen LogP contribution >= 0.6 is 0 Å². The highest BCUT2D eigenvalue weighted by Crippen LogP contribution is 2.43. The van der Waals surface area contributed by atoms with E-state index in [9.17, 15) is 14.7 Å². The van der Waals surface area contributed by atoms with Gasteiger partial charge in [0.25, 0.3) is 5.91 Å². The Balaban J connectivity index is 3.36. The van der Waals surface area contributed by atoms with Gasteiger partial charge in [-0.2, -0.15) is 0 Å². The molecule has 1 aliphatic rings. The second kappa shape index (κ2) is 9.49. The first-order valence-corrected chi connectivity index (χ1v) is 9.39. The minimum absolute atomic E-state index is 0.0983. The zero-order chi connectivity index (χ0) is 20.8. The van der Waals surface area contributed by atoms with Crippen LogP contribution in [0, 0.1) is 11.8 Å². The minimum Gasteiger partial charge on any atom is -0.479 e. The van der Waals surface area contributed by atoms with E-state index in [1.807, 2.05) is 33.8 Å². The fourth-order valence-electron chi connectivity index (χ4n) is 2.69. The molecule has 0 bridgehead atoms. The molecule has 1 aliphatic carbocycles. The van der Waals surface area contributed by atoms with Crippen LogP contribution in [0.25, 0.3) is 0 Å². The van der Waals surface area contributed by atoms with Gasteiger partial charge in [0.15, 0.2) is 0 Å². The summed E-state index contributed by atoms with van der Waals surface area (Å²) in [7, 11) is 0. The SMILES string of the molecule is C=CCN(C(=O)C(=C/C)/C(=N\C=C\C(C)C)C(=C)C(C)C)C1(C(=O)O)CC1. The summed E-state index contributed by atoms with van der Waals surface area (Å²) in [4.78, 5) is 31.0. The van der Waals surface area contributed by atoms with Crippen LogP contribution in [-0.4, -0.2) is 39.7 Å². The summed E-state index contributed by atoms with van der Waals surface area (Å²) in [5.41, 5.74) is 0.474. The number of allylic oxidation sites excluding steroid dienone is 3. The topological polar surface area (TPSA) is 70.0 Å². The molecule has 0 atom stereocenters. The van der Waals surface area contributed by atoms with Crippen molar-refractivity contribution in [3.63, 3.8) is 0 Å². The van der Waals surface area contributed by atoms with Crippen LogP contribution in [0.1, 0.15) is 47.5 Å². The lowest BCUT2D eigenvalue weighted by atomic mass is 9.93. The zero-order valence-electron chi connectivity index (χ0n) is 17.2. The van der Waals surface area contributed by atoms with Gasteiger partial charge in [-0.15, -0.1) is 6.58 Å². The highest BCUT2D eigenvalue weighted by molar-refractivity contribution is 6.28. The molecule has 1 amide bonds. The number of amides is 1. The Morgan fingerprint density at radius 3 is 2.22 bits per heavy atom. The summed E-state index contributed by atoms with van der Waals surface area (Å²) >= 11 is 0. The first-order valence-electron chi connectivity index (χ1n) is 9.39. The maximum Gasteiger partial charge on any atom is 0.329 e. The van der Waals surface area contributed by atoms with Crippen LogP contribution in [0.2, 0.25) is 0 Å². The largest absolute Gasteiger partial charge is 0.479 e. The van der Waals surface area contributed by atoms with Crippen LogP contribution in [0.3, 0.4) is 0 Å².